The third-order valence-electron chi connectivity index (χ3n) is 3.72. The van der Waals surface area contributed by atoms with Gasteiger partial charge in [-0.25, -0.2) is 0 Å². The fraction of sp³-hybridized carbons (Fsp3) is 0.562. The summed E-state index contributed by atoms with van der Waals surface area (Å²) < 4.78 is 16.7. The molecular weight excluding hydrogens is 270 g/mol. The van der Waals surface area contributed by atoms with Gasteiger partial charge in [-0.1, -0.05) is 6.07 Å². The van der Waals surface area contributed by atoms with Crippen molar-refractivity contribution in [3.8, 4) is 5.75 Å². The summed E-state index contributed by atoms with van der Waals surface area (Å²) in [5.74, 6) is 0.971. The highest BCUT2D eigenvalue weighted by atomic mass is 16.7. The Balaban J connectivity index is 1.52. The number of carbonyl (C=O) groups excluding carboxylic acids is 1. The molecule has 5 nitrogen and oxygen atoms in total. The van der Waals surface area contributed by atoms with Crippen LogP contribution >= 0.6 is 0 Å². The second-order valence-corrected chi connectivity index (χ2v) is 5.31. The lowest BCUT2D eigenvalue weighted by Crippen LogP contribution is -2.26. The minimum absolute atomic E-state index is 0.151. The highest BCUT2D eigenvalue weighted by Gasteiger charge is 2.21. The first-order chi connectivity index (χ1) is 10.3. The molecule has 0 N–H and O–H groups in total. The molecule has 2 saturated heterocycles. The van der Waals surface area contributed by atoms with E-state index in [1.165, 1.54) is 0 Å². The topological polar surface area (TPSA) is 48.0 Å². The highest BCUT2D eigenvalue weighted by Crippen LogP contribution is 2.25. The van der Waals surface area contributed by atoms with Crippen LogP contribution in [-0.4, -0.2) is 38.6 Å². The molecule has 0 aliphatic carbocycles. The standard InChI is InChI=1S/C16H21NO4/c18-15-6-2-8-17(15)13-4-1-5-14(12-13)19-11-7-16-20-9-3-10-21-16/h1,4-5,12,16H,2-3,6-11H2. The maximum atomic E-state index is 11.8. The van der Waals surface area contributed by atoms with Crippen LogP contribution in [0.15, 0.2) is 24.3 Å². The molecule has 3 rings (SSSR count). The smallest absolute Gasteiger partial charge is 0.227 e. The predicted molar refractivity (Wildman–Crippen MR) is 78.5 cm³/mol. The van der Waals surface area contributed by atoms with Crippen LogP contribution in [0.2, 0.25) is 0 Å². The lowest BCUT2D eigenvalue weighted by atomic mass is 10.2. The average Bonchev–Trinajstić information content (AvgIpc) is 2.95. The molecule has 0 unspecified atom stereocenters. The average molecular weight is 291 g/mol. The van der Waals surface area contributed by atoms with Crippen LogP contribution in [0.4, 0.5) is 5.69 Å². The van der Waals surface area contributed by atoms with Crippen molar-refractivity contribution in [3.63, 3.8) is 0 Å². The number of rotatable bonds is 5. The van der Waals surface area contributed by atoms with Crippen LogP contribution in [0.5, 0.6) is 5.75 Å². The fourth-order valence-electron chi connectivity index (χ4n) is 2.64. The minimum atomic E-state index is -0.151. The molecule has 21 heavy (non-hydrogen) atoms. The van der Waals surface area contributed by atoms with E-state index in [0.29, 0.717) is 19.4 Å². The molecule has 2 fully saturated rings. The third kappa shape index (κ3) is 3.74. The molecule has 0 bridgehead atoms. The molecule has 2 aliphatic heterocycles. The fourth-order valence-corrected chi connectivity index (χ4v) is 2.64. The Morgan fingerprint density at radius 3 is 2.86 bits per heavy atom. The van der Waals surface area contributed by atoms with Crippen molar-refractivity contribution in [2.24, 2.45) is 0 Å². The zero-order valence-electron chi connectivity index (χ0n) is 12.1. The Bertz CT molecular complexity index is 485. The monoisotopic (exact) mass is 291 g/mol. The molecule has 0 spiro atoms. The molecule has 1 aromatic rings. The summed E-state index contributed by atoms with van der Waals surface area (Å²) in [5.41, 5.74) is 0.917. The molecule has 2 heterocycles. The predicted octanol–water partition coefficient (Wildman–Crippen LogP) is 2.35. The van der Waals surface area contributed by atoms with Crippen LogP contribution in [0, 0.1) is 0 Å². The van der Waals surface area contributed by atoms with Crippen molar-refractivity contribution in [2.45, 2.75) is 32.0 Å². The van der Waals surface area contributed by atoms with Crippen molar-refractivity contribution in [1.29, 1.82) is 0 Å². The van der Waals surface area contributed by atoms with Gasteiger partial charge >= 0.3 is 0 Å². The Kier molecular flexibility index (Phi) is 4.72. The molecule has 1 aromatic carbocycles. The normalized spacial score (nSPS) is 20.0. The molecule has 0 aromatic heterocycles. The Labute approximate surface area is 124 Å². The SMILES string of the molecule is O=C1CCCN1c1cccc(OCCC2OCCCO2)c1. The zero-order chi connectivity index (χ0) is 14.5. The summed E-state index contributed by atoms with van der Waals surface area (Å²) in [4.78, 5) is 13.6. The molecule has 2 aliphatic rings. The van der Waals surface area contributed by atoms with E-state index in [0.717, 1.165) is 44.0 Å². The summed E-state index contributed by atoms with van der Waals surface area (Å²) in [7, 11) is 0. The van der Waals surface area contributed by atoms with Crippen LogP contribution in [0.25, 0.3) is 0 Å². The largest absolute Gasteiger partial charge is 0.493 e. The van der Waals surface area contributed by atoms with Crippen LogP contribution < -0.4 is 9.64 Å². The number of nitrogens with zero attached hydrogens (tertiary/aromatic N) is 1. The Morgan fingerprint density at radius 2 is 2.10 bits per heavy atom. The van der Waals surface area contributed by atoms with Crippen molar-refractivity contribution in [3.05, 3.63) is 24.3 Å². The van der Waals surface area contributed by atoms with Gasteiger partial charge in [0.25, 0.3) is 0 Å². The van der Waals surface area contributed by atoms with Crippen LogP contribution in [-0.2, 0) is 14.3 Å². The molecule has 114 valence electrons. The molecule has 0 saturated carbocycles. The number of hydrogen-bond acceptors (Lipinski definition) is 4. The highest BCUT2D eigenvalue weighted by molar-refractivity contribution is 5.95. The Hall–Kier alpha value is -1.59. The summed E-state index contributed by atoms with van der Waals surface area (Å²) in [6.45, 7) is 2.86. The first-order valence-electron chi connectivity index (χ1n) is 7.59. The van der Waals surface area contributed by atoms with Crippen molar-refractivity contribution in [2.75, 3.05) is 31.3 Å². The number of carbonyl (C=O) groups is 1. The van der Waals surface area contributed by atoms with E-state index in [-0.39, 0.29) is 12.2 Å². The van der Waals surface area contributed by atoms with E-state index in [9.17, 15) is 4.79 Å². The summed E-state index contributed by atoms with van der Waals surface area (Å²) in [6, 6.07) is 7.70. The zero-order valence-corrected chi connectivity index (χ0v) is 12.1. The van der Waals surface area contributed by atoms with Gasteiger partial charge in [-0.05, 0) is 25.0 Å². The van der Waals surface area contributed by atoms with Gasteiger partial charge in [0.2, 0.25) is 5.91 Å². The van der Waals surface area contributed by atoms with Crippen LogP contribution in [0.3, 0.4) is 0 Å². The van der Waals surface area contributed by atoms with E-state index in [4.69, 9.17) is 14.2 Å². The van der Waals surface area contributed by atoms with Gasteiger partial charge in [0.1, 0.15) is 5.75 Å². The number of anilines is 1. The second-order valence-electron chi connectivity index (χ2n) is 5.31. The molecular formula is C16H21NO4. The van der Waals surface area contributed by atoms with Gasteiger partial charge in [-0.15, -0.1) is 0 Å². The summed E-state index contributed by atoms with van der Waals surface area (Å²) in [5, 5.41) is 0. The first kappa shape index (κ1) is 14.4. The lowest BCUT2D eigenvalue weighted by molar-refractivity contribution is -0.183. The van der Waals surface area contributed by atoms with Gasteiger partial charge in [0.05, 0.1) is 19.8 Å². The lowest BCUT2D eigenvalue weighted by Gasteiger charge is -2.23. The molecule has 1 amide bonds. The van der Waals surface area contributed by atoms with E-state index in [1.54, 1.807) is 0 Å². The van der Waals surface area contributed by atoms with Gasteiger partial charge in [0.15, 0.2) is 6.29 Å². The molecule has 0 radical (unpaired) electrons. The summed E-state index contributed by atoms with van der Waals surface area (Å²) >= 11 is 0. The van der Waals surface area contributed by atoms with Gasteiger partial charge in [-0.2, -0.15) is 0 Å². The van der Waals surface area contributed by atoms with Crippen molar-refractivity contribution in [1.82, 2.24) is 0 Å². The van der Waals surface area contributed by atoms with E-state index in [1.807, 2.05) is 29.2 Å². The van der Waals surface area contributed by atoms with E-state index >= 15 is 0 Å². The first-order valence-corrected chi connectivity index (χ1v) is 7.59. The second kappa shape index (κ2) is 6.91. The quantitative estimate of drug-likeness (QED) is 0.835. The maximum absolute atomic E-state index is 11.8. The minimum Gasteiger partial charge on any atom is -0.493 e. The van der Waals surface area contributed by atoms with Crippen LogP contribution in [0.1, 0.15) is 25.7 Å². The van der Waals surface area contributed by atoms with Gasteiger partial charge < -0.3 is 19.1 Å². The van der Waals surface area contributed by atoms with Crippen molar-refractivity contribution >= 4 is 11.6 Å². The van der Waals surface area contributed by atoms with Gasteiger partial charge in [-0.3, -0.25) is 4.79 Å². The number of amides is 1. The summed E-state index contributed by atoms with van der Waals surface area (Å²) in [6.07, 6.45) is 3.10. The molecule has 5 heteroatoms. The number of benzene rings is 1. The van der Waals surface area contributed by atoms with E-state index in [2.05, 4.69) is 0 Å². The Morgan fingerprint density at radius 1 is 1.24 bits per heavy atom. The third-order valence-corrected chi connectivity index (χ3v) is 3.72. The van der Waals surface area contributed by atoms with Gasteiger partial charge in [0, 0.05) is 31.1 Å². The maximum Gasteiger partial charge on any atom is 0.227 e. The van der Waals surface area contributed by atoms with Crippen molar-refractivity contribution < 1.29 is 19.0 Å². The number of ether oxygens (including phenoxy) is 3. The molecule has 0 atom stereocenters. The van der Waals surface area contributed by atoms with E-state index < -0.39 is 0 Å². The number of hydrogen-bond donors (Lipinski definition) is 0.